The molecule has 6 heteroatoms. The molecule has 1 unspecified atom stereocenters. The summed E-state index contributed by atoms with van der Waals surface area (Å²) >= 11 is 1.28. The number of benzene rings is 3. The van der Waals surface area contributed by atoms with Crippen molar-refractivity contribution >= 4 is 39.9 Å². The molecule has 0 aliphatic carbocycles. The maximum absolute atomic E-state index is 13.6. The van der Waals surface area contributed by atoms with Gasteiger partial charge in [0, 0.05) is 23.9 Å². The lowest BCUT2D eigenvalue weighted by atomic mass is 9.98. The van der Waals surface area contributed by atoms with Crippen molar-refractivity contribution in [2.45, 2.75) is 18.8 Å². The van der Waals surface area contributed by atoms with Gasteiger partial charge in [0.25, 0.3) is 0 Å². The number of carbonyl (C=O) groups is 1. The van der Waals surface area contributed by atoms with E-state index in [1.807, 2.05) is 54.6 Å². The summed E-state index contributed by atoms with van der Waals surface area (Å²) in [6.45, 7) is 2.02. The average molecular weight is 460 g/mol. The molecule has 0 saturated heterocycles. The fourth-order valence-corrected chi connectivity index (χ4v) is 4.95. The van der Waals surface area contributed by atoms with Crippen LogP contribution in [0.3, 0.4) is 0 Å². The zero-order chi connectivity index (χ0) is 22.9. The van der Waals surface area contributed by atoms with Crippen molar-refractivity contribution < 1.29 is 18.3 Å². The van der Waals surface area contributed by atoms with Gasteiger partial charge in [-0.1, -0.05) is 54.2 Å². The second-order valence-corrected chi connectivity index (χ2v) is 9.08. The average Bonchev–Trinajstić information content (AvgIpc) is 2.95. The van der Waals surface area contributed by atoms with E-state index in [0.717, 1.165) is 40.1 Å². The van der Waals surface area contributed by atoms with E-state index in [2.05, 4.69) is 4.98 Å². The molecule has 0 bridgehead atoms. The highest BCUT2D eigenvalue weighted by Crippen LogP contribution is 2.44. The quantitative estimate of drug-likeness (QED) is 0.333. The lowest BCUT2D eigenvalue weighted by molar-refractivity contribution is -0.109. The smallest absolute Gasteiger partial charge is 0.186 e. The molecule has 0 amide bonds. The minimum Gasteiger partial charge on any atom is -0.489 e. The van der Waals surface area contributed by atoms with E-state index in [1.54, 1.807) is 19.1 Å². The third-order valence-corrected chi connectivity index (χ3v) is 6.60. The molecule has 1 aromatic heterocycles. The molecule has 1 aliphatic heterocycles. The summed E-state index contributed by atoms with van der Waals surface area (Å²) in [5.74, 6) is -1.06. The molecule has 0 fully saturated rings. The van der Waals surface area contributed by atoms with Crippen LogP contribution < -0.4 is 4.74 Å². The highest BCUT2D eigenvalue weighted by Gasteiger charge is 2.26. The molecule has 3 nitrogen and oxygen atoms in total. The Morgan fingerprint density at radius 3 is 2.67 bits per heavy atom. The number of carbonyl (C=O) groups excluding carboxylic acids is 1. The Kier molecular flexibility index (Phi) is 5.68. The third-order valence-electron chi connectivity index (χ3n) is 5.52. The number of ether oxygens (including phenoxy) is 1. The Morgan fingerprint density at radius 2 is 1.82 bits per heavy atom. The van der Waals surface area contributed by atoms with E-state index < -0.39 is 11.6 Å². The predicted octanol–water partition coefficient (Wildman–Crippen LogP) is 6.94. The molecule has 0 N–H and O–H groups in total. The Hall–Kier alpha value is -3.51. The van der Waals surface area contributed by atoms with Crippen LogP contribution in [-0.2, 0) is 11.4 Å². The van der Waals surface area contributed by atoms with E-state index in [-0.39, 0.29) is 10.4 Å². The van der Waals surface area contributed by atoms with Crippen LogP contribution in [0.2, 0.25) is 0 Å². The maximum Gasteiger partial charge on any atom is 0.186 e. The fraction of sp³-hybridized carbons (Fsp3) is 0.111. The van der Waals surface area contributed by atoms with Crippen molar-refractivity contribution in [3.8, 4) is 5.75 Å². The highest BCUT2D eigenvalue weighted by atomic mass is 32.2. The number of thioether (sulfide) groups is 1. The maximum atomic E-state index is 13.6. The second-order valence-electron chi connectivity index (χ2n) is 7.80. The predicted molar refractivity (Wildman–Crippen MR) is 128 cm³/mol. The SMILES string of the molecule is CC(=O)SC1c2ccccc2COc2ccc(C=Cc3ccc4cc(F)c(F)cc4n3)cc21. The van der Waals surface area contributed by atoms with E-state index in [1.165, 1.54) is 11.8 Å². The van der Waals surface area contributed by atoms with Gasteiger partial charge in [0.15, 0.2) is 16.7 Å². The molecule has 0 radical (unpaired) electrons. The largest absolute Gasteiger partial charge is 0.489 e. The highest BCUT2D eigenvalue weighted by molar-refractivity contribution is 8.13. The molecule has 33 heavy (non-hydrogen) atoms. The third kappa shape index (κ3) is 4.39. The van der Waals surface area contributed by atoms with Gasteiger partial charge in [-0.15, -0.1) is 0 Å². The number of halogens is 2. The van der Waals surface area contributed by atoms with Gasteiger partial charge in [0.05, 0.1) is 16.5 Å². The minimum atomic E-state index is -0.920. The van der Waals surface area contributed by atoms with Crippen LogP contribution in [0.1, 0.15) is 40.1 Å². The number of fused-ring (bicyclic) bond motifs is 3. The number of nitrogens with zero attached hydrogens (tertiary/aromatic N) is 1. The van der Waals surface area contributed by atoms with Gasteiger partial charge in [0.1, 0.15) is 12.4 Å². The molecule has 0 spiro atoms. The molecular formula is C27H19F2NO2S. The summed E-state index contributed by atoms with van der Waals surface area (Å²) in [5, 5.41) is 0.407. The first-order valence-electron chi connectivity index (χ1n) is 10.4. The molecule has 4 aromatic rings. The van der Waals surface area contributed by atoms with Crippen molar-refractivity contribution in [2.24, 2.45) is 0 Å². The van der Waals surface area contributed by atoms with Crippen LogP contribution in [0.5, 0.6) is 5.75 Å². The lowest BCUT2D eigenvalue weighted by Crippen LogP contribution is -2.01. The fourth-order valence-electron chi connectivity index (χ4n) is 3.95. The molecule has 164 valence electrons. The monoisotopic (exact) mass is 459 g/mol. The van der Waals surface area contributed by atoms with Crippen molar-refractivity contribution in [3.05, 3.63) is 106 Å². The molecule has 1 aliphatic rings. The summed E-state index contributed by atoms with van der Waals surface area (Å²) in [5.41, 5.74) is 5.00. The van der Waals surface area contributed by atoms with E-state index >= 15 is 0 Å². The number of pyridine rings is 1. The zero-order valence-corrected chi connectivity index (χ0v) is 18.5. The normalized spacial score (nSPS) is 15.1. The minimum absolute atomic E-state index is 0.0348. The van der Waals surface area contributed by atoms with E-state index in [0.29, 0.717) is 23.2 Å². The molecule has 2 heterocycles. The number of rotatable bonds is 3. The van der Waals surface area contributed by atoms with Crippen LogP contribution >= 0.6 is 11.8 Å². The van der Waals surface area contributed by atoms with Crippen LogP contribution in [0, 0.1) is 11.6 Å². The van der Waals surface area contributed by atoms with Crippen LogP contribution in [0.25, 0.3) is 23.1 Å². The van der Waals surface area contributed by atoms with Crippen LogP contribution in [0.4, 0.5) is 8.78 Å². The van der Waals surface area contributed by atoms with Gasteiger partial charge in [-0.25, -0.2) is 13.8 Å². The molecule has 1 atom stereocenters. The standard InChI is InChI=1S/C27H19F2NO2S/c1-16(31)33-27-21-5-3-2-4-19(21)15-32-26-11-7-17(12-22(26)27)6-9-20-10-8-18-13-23(28)24(29)14-25(18)30-20/h2-14,27H,15H2,1H3. The summed E-state index contributed by atoms with van der Waals surface area (Å²) in [4.78, 5) is 16.5. The number of hydrogen-bond donors (Lipinski definition) is 0. The van der Waals surface area contributed by atoms with Crippen molar-refractivity contribution in [1.29, 1.82) is 0 Å². The van der Waals surface area contributed by atoms with E-state index in [9.17, 15) is 13.6 Å². The summed E-state index contributed by atoms with van der Waals surface area (Å²) in [7, 11) is 0. The van der Waals surface area contributed by atoms with Gasteiger partial charge in [-0.2, -0.15) is 0 Å². The molecule has 0 saturated carbocycles. The van der Waals surface area contributed by atoms with Gasteiger partial charge < -0.3 is 4.74 Å². The first kappa shape index (κ1) is 21.3. The van der Waals surface area contributed by atoms with Gasteiger partial charge in [-0.3, -0.25) is 4.79 Å². The number of hydrogen-bond acceptors (Lipinski definition) is 4. The van der Waals surface area contributed by atoms with Crippen molar-refractivity contribution in [2.75, 3.05) is 0 Å². The van der Waals surface area contributed by atoms with Crippen molar-refractivity contribution in [3.63, 3.8) is 0 Å². The topological polar surface area (TPSA) is 39.2 Å². The van der Waals surface area contributed by atoms with Gasteiger partial charge in [-0.05, 0) is 47.0 Å². The Balaban J connectivity index is 1.51. The zero-order valence-electron chi connectivity index (χ0n) is 17.7. The summed E-state index contributed by atoms with van der Waals surface area (Å²) in [6, 6.07) is 19.6. The second kappa shape index (κ2) is 8.79. The lowest BCUT2D eigenvalue weighted by Gasteiger charge is -2.17. The molecular weight excluding hydrogens is 440 g/mol. The van der Waals surface area contributed by atoms with Gasteiger partial charge in [0.2, 0.25) is 0 Å². The van der Waals surface area contributed by atoms with E-state index in [4.69, 9.17) is 4.74 Å². The van der Waals surface area contributed by atoms with Crippen LogP contribution in [-0.4, -0.2) is 10.1 Å². The Labute approximate surface area is 194 Å². The molecule has 5 rings (SSSR count). The first-order chi connectivity index (χ1) is 16.0. The summed E-state index contributed by atoms with van der Waals surface area (Å²) < 4.78 is 33.1. The Morgan fingerprint density at radius 1 is 1.00 bits per heavy atom. The Bertz CT molecular complexity index is 1420. The molecule has 3 aromatic carbocycles. The summed E-state index contributed by atoms with van der Waals surface area (Å²) in [6.07, 6.45) is 3.72. The number of aromatic nitrogens is 1. The van der Waals surface area contributed by atoms with Crippen molar-refractivity contribution in [1.82, 2.24) is 4.98 Å². The first-order valence-corrected chi connectivity index (χ1v) is 11.3. The van der Waals surface area contributed by atoms with Crippen LogP contribution in [0.15, 0.2) is 66.7 Å². The van der Waals surface area contributed by atoms with Gasteiger partial charge >= 0.3 is 0 Å².